The van der Waals surface area contributed by atoms with Gasteiger partial charge in [0.2, 0.25) is 0 Å². The van der Waals surface area contributed by atoms with E-state index in [4.69, 9.17) is 5.84 Å². The van der Waals surface area contributed by atoms with Crippen molar-refractivity contribution in [1.29, 1.82) is 0 Å². The summed E-state index contributed by atoms with van der Waals surface area (Å²) in [5.41, 5.74) is 5.32. The van der Waals surface area contributed by atoms with Crippen LogP contribution >= 0.6 is 15.9 Å². The summed E-state index contributed by atoms with van der Waals surface area (Å²) >= 11 is 3.48. The number of nitrogens with one attached hydrogen (secondary N) is 1. The number of imidazole rings is 1. The molecule has 0 saturated heterocycles. The summed E-state index contributed by atoms with van der Waals surface area (Å²) in [5, 5.41) is 0. The van der Waals surface area contributed by atoms with Gasteiger partial charge in [-0.25, -0.2) is 4.98 Å². The van der Waals surface area contributed by atoms with Crippen molar-refractivity contribution in [2.24, 2.45) is 5.84 Å². The SMILES string of the molecule is CCn1ccnc1CC(NN)c1ccc(Br)cc1C. The van der Waals surface area contributed by atoms with Gasteiger partial charge >= 0.3 is 0 Å². The molecule has 1 heterocycles. The summed E-state index contributed by atoms with van der Waals surface area (Å²) in [7, 11) is 0. The van der Waals surface area contributed by atoms with Gasteiger partial charge in [-0.1, -0.05) is 22.0 Å². The molecule has 2 aromatic rings. The Morgan fingerprint density at radius 2 is 2.26 bits per heavy atom. The Kier molecular flexibility index (Phi) is 4.74. The van der Waals surface area contributed by atoms with Crippen LogP contribution in [0.5, 0.6) is 0 Å². The first-order valence-electron chi connectivity index (χ1n) is 6.38. The Morgan fingerprint density at radius 3 is 2.89 bits per heavy atom. The van der Waals surface area contributed by atoms with Crippen molar-refractivity contribution in [3.05, 3.63) is 52.0 Å². The zero-order valence-corrected chi connectivity index (χ0v) is 12.8. The number of nitrogens with zero attached hydrogens (tertiary/aromatic N) is 2. The Balaban J connectivity index is 2.25. The van der Waals surface area contributed by atoms with E-state index in [1.807, 2.05) is 18.5 Å². The molecule has 0 fully saturated rings. The topological polar surface area (TPSA) is 55.9 Å². The highest BCUT2D eigenvalue weighted by molar-refractivity contribution is 9.10. The molecule has 1 aromatic carbocycles. The minimum atomic E-state index is 0.0702. The van der Waals surface area contributed by atoms with E-state index in [-0.39, 0.29) is 6.04 Å². The number of rotatable bonds is 5. The number of halogens is 1. The normalized spacial score (nSPS) is 12.6. The molecule has 102 valence electrons. The van der Waals surface area contributed by atoms with Crippen LogP contribution in [0.2, 0.25) is 0 Å². The first-order chi connectivity index (χ1) is 9.15. The van der Waals surface area contributed by atoms with Gasteiger partial charge in [0.05, 0.1) is 6.04 Å². The predicted molar refractivity (Wildman–Crippen MR) is 80.5 cm³/mol. The average Bonchev–Trinajstić information content (AvgIpc) is 2.84. The fourth-order valence-electron chi connectivity index (χ4n) is 2.29. The van der Waals surface area contributed by atoms with E-state index in [0.29, 0.717) is 0 Å². The van der Waals surface area contributed by atoms with Crippen LogP contribution in [0.25, 0.3) is 0 Å². The highest BCUT2D eigenvalue weighted by atomic mass is 79.9. The fourth-order valence-corrected chi connectivity index (χ4v) is 2.76. The number of nitrogens with two attached hydrogens (primary N) is 1. The summed E-state index contributed by atoms with van der Waals surface area (Å²) in [6.07, 6.45) is 4.61. The van der Waals surface area contributed by atoms with Crippen LogP contribution < -0.4 is 11.3 Å². The standard InChI is InChI=1S/C14H19BrN4/c1-3-19-7-6-17-14(19)9-13(18-16)12-5-4-11(15)8-10(12)2/h4-8,13,18H,3,9,16H2,1-2H3. The van der Waals surface area contributed by atoms with Gasteiger partial charge in [0, 0.05) is 29.8 Å². The Bertz CT molecular complexity index is 550. The van der Waals surface area contributed by atoms with Crippen molar-refractivity contribution in [2.75, 3.05) is 0 Å². The van der Waals surface area contributed by atoms with Crippen LogP contribution in [0.1, 0.15) is 29.9 Å². The van der Waals surface area contributed by atoms with Crippen molar-refractivity contribution in [3.8, 4) is 0 Å². The van der Waals surface area contributed by atoms with E-state index in [1.54, 1.807) is 0 Å². The maximum Gasteiger partial charge on any atom is 0.110 e. The Hall–Kier alpha value is -1.17. The molecule has 1 atom stereocenters. The van der Waals surface area contributed by atoms with Crippen LogP contribution in [-0.4, -0.2) is 9.55 Å². The second-order valence-corrected chi connectivity index (χ2v) is 5.47. The van der Waals surface area contributed by atoms with E-state index in [9.17, 15) is 0 Å². The van der Waals surface area contributed by atoms with Gasteiger partial charge in [-0.2, -0.15) is 0 Å². The number of hydrazine groups is 1. The summed E-state index contributed by atoms with van der Waals surface area (Å²) in [4.78, 5) is 4.41. The minimum Gasteiger partial charge on any atom is -0.335 e. The lowest BCUT2D eigenvalue weighted by Gasteiger charge is -2.19. The number of aromatic nitrogens is 2. The third-order valence-corrected chi connectivity index (χ3v) is 3.83. The molecule has 0 amide bonds. The predicted octanol–water partition coefficient (Wildman–Crippen LogP) is 2.72. The van der Waals surface area contributed by atoms with E-state index >= 15 is 0 Å². The van der Waals surface area contributed by atoms with Crippen LogP contribution in [0.3, 0.4) is 0 Å². The van der Waals surface area contributed by atoms with Crippen LogP contribution in [0.15, 0.2) is 35.1 Å². The van der Waals surface area contributed by atoms with E-state index in [1.165, 1.54) is 11.1 Å². The van der Waals surface area contributed by atoms with Gasteiger partial charge in [0.15, 0.2) is 0 Å². The molecular weight excluding hydrogens is 304 g/mol. The lowest BCUT2D eigenvalue weighted by atomic mass is 9.99. The number of benzene rings is 1. The molecule has 19 heavy (non-hydrogen) atoms. The first-order valence-corrected chi connectivity index (χ1v) is 7.17. The third-order valence-electron chi connectivity index (χ3n) is 3.34. The van der Waals surface area contributed by atoms with Crippen LogP contribution in [-0.2, 0) is 13.0 Å². The molecule has 5 heteroatoms. The zero-order valence-electron chi connectivity index (χ0n) is 11.2. The van der Waals surface area contributed by atoms with Crippen molar-refractivity contribution in [3.63, 3.8) is 0 Å². The van der Waals surface area contributed by atoms with Gasteiger partial charge in [-0.05, 0) is 37.1 Å². The Morgan fingerprint density at radius 1 is 1.47 bits per heavy atom. The molecule has 3 N–H and O–H groups in total. The fraction of sp³-hybridized carbons (Fsp3) is 0.357. The molecule has 0 aliphatic rings. The molecule has 4 nitrogen and oxygen atoms in total. The van der Waals surface area contributed by atoms with Gasteiger partial charge in [-0.15, -0.1) is 0 Å². The van der Waals surface area contributed by atoms with E-state index in [0.717, 1.165) is 23.3 Å². The lowest BCUT2D eigenvalue weighted by Crippen LogP contribution is -2.31. The highest BCUT2D eigenvalue weighted by Crippen LogP contribution is 2.23. The molecule has 1 unspecified atom stereocenters. The minimum absolute atomic E-state index is 0.0702. The van der Waals surface area contributed by atoms with Gasteiger partial charge in [0.1, 0.15) is 5.82 Å². The molecule has 0 bridgehead atoms. The monoisotopic (exact) mass is 322 g/mol. The second kappa shape index (κ2) is 6.32. The third kappa shape index (κ3) is 3.23. The maximum atomic E-state index is 5.72. The quantitative estimate of drug-likeness (QED) is 0.657. The summed E-state index contributed by atoms with van der Waals surface area (Å²) in [6, 6.07) is 6.31. The Labute approximate surface area is 122 Å². The summed E-state index contributed by atoms with van der Waals surface area (Å²) in [5.74, 6) is 6.77. The molecule has 0 saturated carbocycles. The molecule has 0 aliphatic carbocycles. The van der Waals surface area contributed by atoms with Gasteiger partial charge < -0.3 is 4.57 Å². The molecule has 0 aliphatic heterocycles. The van der Waals surface area contributed by atoms with Crippen molar-refractivity contribution >= 4 is 15.9 Å². The lowest BCUT2D eigenvalue weighted by molar-refractivity contribution is 0.521. The van der Waals surface area contributed by atoms with Crippen LogP contribution in [0.4, 0.5) is 0 Å². The van der Waals surface area contributed by atoms with E-state index < -0.39 is 0 Å². The van der Waals surface area contributed by atoms with Crippen molar-refractivity contribution in [1.82, 2.24) is 15.0 Å². The van der Waals surface area contributed by atoms with Gasteiger partial charge in [-0.3, -0.25) is 11.3 Å². The summed E-state index contributed by atoms with van der Waals surface area (Å²) < 4.78 is 3.22. The molecule has 0 spiro atoms. The van der Waals surface area contributed by atoms with Crippen molar-refractivity contribution < 1.29 is 0 Å². The number of aryl methyl sites for hydroxylation is 2. The van der Waals surface area contributed by atoms with Crippen molar-refractivity contribution in [2.45, 2.75) is 32.9 Å². The summed E-state index contributed by atoms with van der Waals surface area (Å²) in [6.45, 7) is 5.13. The van der Waals surface area contributed by atoms with Crippen LogP contribution in [0, 0.1) is 6.92 Å². The first kappa shape index (κ1) is 14.2. The largest absolute Gasteiger partial charge is 0.335 e. The number of hydrogen-bond donors (Lipinski definition) is 2. The zero-order chi connectivity index (χ0) is 13.8. The molecule has 0 radical (unpaired) electrons. The molecular formula is C14H19BrN4. The average molecular weight is 323 g/mol. The molecule has 2 rings (SSSR count). The second-order valence-electron chi connectivity index (χ2n) is 4.55. The van der Waals surface area contributed by atoms with E-state index in [2.05, 4.69) is 56.9 Å². The number of hydrogen-bond acceptors (Lipinski definition) is 3. The smallest absolute Gasteiger partial charge is 0.110 e. The molecule has 1 aromatic heterocycles. The van der Waals surface area contributed by atoms with Gasteiger partial charge in [0.25, 0.3) is 0 Å². The maximum absolute atomic E-state index is 5.72. The highest BCUT2D eigenvalue weighted by Gasteiger charge is 2.15.